The smallest absolute Gasteiger partial charge is 0.229 e. The average Bonchev–Trinajstić information content (AvgIpc) is 2.87. The molecule has 0 saturated heterocycles. The number of fused-ring (bicyclic) bond motifs is 2. The van der Waals surface area contributed by atoms with Crippen LogP contribution in [-0.2, 0) is 14.9 Å². The Bertz CT molecular complexity index is 1430. The lowest BCUT2D eigenvalue weighted by Crippen LogP contribution is -2.11. The molecule has 1 aromatic heterocycles. The molecule has 0 unspecified atom stereocenters. The van der Waals surface area contributed by atoms with Gasteiger partial charge in [-0.25, -0.2) is 8.42 Å². The second-order valence-corrected chi connectivity index (χ2v) is 9.37. The van der Waals surface area contributed by atoms with Crippen LogP contribution in [0.15, 0.2) is 78.1 Å². The Morgan fingerprint density at radius 3 is 2.39 bits per heavy atom. The zero-order valence-electron chi connectivity index (χ0n) is 17.5. The second kappa shape index (κ2) is 8.35. The highest BCUT2D eigenvalue weighted by molar-refractivity contribution is 7.92. The predicted octanol–water partition coefficient (Wildman–Crippen LogP) is 4.67. The van der Waals surface area contributed by atoms with Gasteiger partial charge < -0.3 is 4.84 Å². The van der Waals surface area contributed by atoms with Crippen LogP contribution in [0.3, 0.4) is 0 Å². The summed E-state index contributed by atoms with van der Waals surface area (Å²) in [4.78, 5) is 10.3. The van der Waals surface area contributed by atoms with Crippen LogP contribution in [0, 0.1) is 0 Å². The molecule has 0 atom stereocenters. The van der Waals surface area contributed by atoms with Gasteiger partial charge in [0, 0.05) is 28.2 Å². The predicted molar refractivity (Wildman–Crippen MR) is 125 cm³/mol. The molecule has 0 spiro atoms. The number of hydrogen-bond acceptors (Lipinski definition) is 5. The fraction of sp³-hybridized carbons (Fsp3) is 0.167. The minimum Gasteiger partial charge on any atom is -0.393 e. The van der Waals surface area contributed by atoms with E-state index in [1.54, 1.807) is 12.1 Å². The first kappa shape index (κ1) is 20.8. The Hall–Kier alpha value is -3.45. The first-order chi connectivity index (χ1) is 14.8. The summed E-state index contributed by atoms with van der Waals surface area (Å²) in [5.41, 5.74) is 3.23. The maximum absolute atomic E-state index is 11.7. The number of anilines is 1. The van der Waals surface area contributed by atoms with Gasteiger partial charge in [-0.15, -0.1) is 0 Å². The Kier molecular flexibility index (Phi) is 5.61. The molecule has 1 N–H and O–H groups in total. The van der Waals surface area contributed by atoms with Crippen molar-refractivity contribution in [2.24, 2.45) is 5.16 Å². The Balaban J connectivity index is 2.07. The molecule has 4 aromatic rings. The SMILES string of the molecule is CC(C)ON=c1c2cc(NS(C)(=O)=O)ccc2ccc2ncc(-c3ccccc3)cc12. The van der Waals surface area contributed by atoms with Crippen molar-refractivity contribution < 1.29 is 13.3 Å². The molecular weight excluding hydrogens is 410 g/mol. The Morgan fingerprint density at radius 1 is 0.935 bits per heavy atom. The van der Waals surface area contributed by atoms with E-state index in [1.807, 2.05) is 74.6 Å². The summed E-state index contributed by atoms with van der Waals surface area (Å²) in [7, 11) is -3.41. The van der Waals surface area contributed by atoms with Crippen molar-refractivity contribution in [2.45, 2.75) is 20.0 Å². The molecule has 7 heteroatoms. The van der Waals surface area contributed by atoms with E-state index in [2.05, 4.69) is 14.9 Å². The largest absolute Gasteiger partial charge is 0.393 e. The van der Waals surface area contributed by atoms with Crippen molar-refractivity contribution in [2.75, 3.05) is 11.0 Å². The highest BCUT2D eigenvalue weighted by Gasteiger charge is 2.09. The van der Waals surface area contributed by atoms with Gasteiger partial charge in [-0.3, -0.25) is 9.71 Å². The number of sulfonamides is 1. The van der Waals surface area contributed by atoms with Crippen LogP contribution in [0.25, 0.3) is 32.8 Å². The summed E-state index contributed by atoms with van der Waals surface area (Å²) in [6.07, 6.45) is 2.85. The number of aromatic nitrogens is 1. The lowest BCUT2D eigenvalue weighted by molar-refractivity contribution is 0.0777. The van der Waals surface area contributed by atoms with Gasteiger partial charge in [0.1, 0.15) is 11.5 Å². The topological polar surface area (TPSA) is 80.6 Å². The molecule has 0 saturated carbocycles. The maximum atomic E-state index is 11.7. The second-order valence-electron chi connectivity index (χ2n) is 7.63. The van der Waals surface area contributed by atoms with Crippen molar-refractivity contribution in [1.82, 2.24) is 4.98 Å². The van der Waals surface area contributed by atoms with Gasteiger partial charge in [-0.2, -0.15) is 0 Å². The molecule has 0 aliphatic heterocycles. The number of rotatable bonds is 5. The van der Waals surface area contributed by atoms with Gasteiger partial charge in [0.2, 0.25) is 10.0 Å². The normalized spacial score (nSPS) is 12.5. The number of nitrogens with zero attached hydrogens (tertiary/aromatic N) is 2. The van der Waals surface area contributed by atoms with Crippen LogP contribution in [0.1, 0.15) is 13.8 Å². The molecule has 0 amide bonds. The molecule has 0 bridgehead atoms. The number of hydrogen-bond donors (Lipinski definition) is 1. The first-order valence-electron chi connectivity index (χ1n) is 9.90. The van der Waals surface area contributed by atoms with E-state index in [1.165, 1.54) is 0 Å². The fourth-order valence-corrected chi connectivity index (χ4v) is 3.90. The third-order valence-electron chi connectivity index (χ3n) is 4.67. The van der Waals surface area contributed by atoms with Gasteiger partial charge in [0.05, 0.1) is 11.8 Å². The summed E-state index contributed by atoms with van der Waals surface area (Å²) in [6, 6.07) is 21.3. The van der Waals surface area contributed by atoms with Crippen molar-refractivity contribution in [3.8, 4) is 11.1 Å². The minimum atomic E-state index is -3.41. The van der Waals surface area contributed by atoms with Crippen LogP contribution < -0.4 is 10.1 Å². The van der Waals surface area contributed by atoms with Crippen molar-refractivity contribution in [1.29, 1.82) is 0 Å². The minimum absolute atomic E-state index is 0.113. The molecule has 0 aliphatic carbocycles. The molecule has 6 nitrogen and oxygen atoms in total. The molecule has 4 rings (SSSR count). The number of benzene rings is 2. The van der Waals surface area contributed by atoms with Crippen LogP contribution in [0.5, 0.6) is 0 Å². The molecule has 3 aromatic carbocycles. The molecule has 31 heavy (non-hydrogen) atoms. The van der Waals surface area contributed by atoms with Crippen LogP contribution in [0.4, 0.5) is 5.69 Å². The molecule has 0 fully saturated rings. The molecular formula is C24H23N3O3S. The highest BCUT2D eigenvalue weighted by atomic mass is 32.2. The summed E-state index contributed by atoms with van der Waals surface area (Å²) >= 11 is 0. The summed E-state index contributed by atoms with van der Waals surface area (Å²) in [5, 5.41) is 7.53. The van der Waals surface area contributed by atoms with Crippen LogP contribution in [0.2, 0.25) is 0 Å². The van der Waals surface area contributed by atoms with E-state index < -0.39 is 10.0 Å². The average molecular weight is 434 g/mol. The molecule has 158 valence electrons. The zero-order chi connectivity index (χ0) is 22.0. The first-order valence-corrected chi connectivity index (χ1v) is 11.8. The van der Waals surface area contributed by atoms with E-state index in [0.29, 0.717) is 11.0 Å². The highest BCUT2D eigenvalue weighted by Crippen LogP contribution is 2.23. The number of nitrogens with one attached hydrogen (secondary N) is 1. The monoisotopic (exact) mass is 433 g/mol. The van der Waals surface area contributed by atoms with E-state index in [9.17, 15) is 8.42 Å². The zero-order valence-corrected chi connectivity index (χ0v) is 18.3. The third kappa shape index (κ3) is 4.83. The van der Waals surface area contributed by atoms with E-state index in [0.717, 1.165) is 39.1 Å². The maximum Gasteiger partial charge on any atom is 0.229 e. The van der Waals surface area contributed by atoms with Crippen LogP contribution >= 0.6 is 0 Å². The van der Waals surface area contributed by atoms with Gasteiger partial charge in [-0.1, -0.05) is 47.6 Å². The lowest BCUT2D eigenvalue weighted by Gasteiger charge is -2.06. The third-order valence-corrected chi connectivity index (χ3v) is 5.27. The summed E-state index contributed by atoms with van der Waals surface area (Å²) in [5.74, 6) is 0. The van der Waals surface area contributed by atoms with Crippen LogP contribution in [-0.4, -0.2) is 25.8 Å². The van der Waals surface area contributed by atoms with E-state index >= 15 is 0 Å². The van der Waals surface area contributed by atoms with Crippen molar-refractivity contribution in [3.05, 3.63) is 78.3 Å². The number of pyridine rings is 1. The summed E-state index contributed by atoms with van der Waals surface area (Å²) in [6.45, 7) is 3.81. The molecule has 0 radical (unpaired) electrons. The van der Waals surface area contributed by atoms with Crippen molar-refractivity contribution >= 4 is 37.4 Å². The summed E-state index contributed by atoms with van der Waals surface area (Å²) < 4.78 is 26.0. The molecule has 0 aliphatic rings. The lowest BCUT2D eigenvalue weighted by atomic mass is 10.1. The molecule has 1 heterocycles. The van der Waals surface area contributed by atoms with Gasteiger partial charge in [0.25, 0.3) is 0 Å². The standard InChI is InChI=1S/C24H23N3O3S/c1-16(2)30-26-24-21-14-20(27-31(3,28)29)11-9-18(21)10-12-23-22(24)13-19(15-25-23)17-7-5-4-6-8-17/h4-16,27H,1-3H3. The Morgan fingerprint density at radius 2 is 1.68 bits per heavy atom. The van der Waals surface area contributed by atoms with E-state index in [4.69, 9.17) is 4.84 Å². The Labute approximate surface area is 181 Å². The van der Waals surface area contributed by atoms with E-state index in [-0.39, 0.29) is 6.10 Å². The van der Waals surface area contributed by atoms with Gasteiger partial charge >= 0.3 is 0 Å². The fourth-order valence-electron chi connectivity index (χ4n) is 3.34. The van der Waals surface area contributed by atoms with Gasteiger partial charge in [0.15, 0.2) is 0 Å². The van der Waals surface area contributed by atoms with Gasteiger partial charge in [-0.05, 0) is 49.1 Å². The van der Waals surface area contributed by atoms with Crippen molar-refractivity contribution in [3.63, 3.8) is 0 Å². The quantitative estimate of drug-likeness (QED) is 0.464.